The summed E-state index contributed by atoms with van der Waals surface area (Å²) in [5.41, 5.74) is 0.669. The molecule has 4 rings (SSSR count). The molecule has 2 N–H and O–H groups in total. The average Bonchev–Trinajstić information content (AvgIpc) is 3.13. The maximum absolute atomic E-state index is 13.0. The minimum Gasteiger partial charge on any atom is -0.356 e. The number of fused-ring (bicyclic) bond motifs is 2. The van der Waals surface area contributed by atoms with Gasteiger partial charge in [0.1, 0.15) is 6.33 Å². The maximum Gasteiger partial charge on any atom is 0.224 e. The zero-order valence-corrected chi connectivity index (χ0v) is 17.7. The van der Waals surface area contributed by atoms with E-state index in [1.165, 1.54) is 0 Å². The molecule has 0 spiro atoms. The summed E-state index contributed by atoms with van der Waals surface area (Å²) < 4.78 is 5.63. The van der Waals surface area contributed by atoms with Gasteiger partial charge in [0.15, 0.2) is 0 Å². The van der Waals surface area contributed by atoms with Gasteiger partial charge in [0.25, 0.3) is 0 Å². The first-order valence-corrected chi connectivity index (χ1v) is 10.2. The van der Waals surface area contributed by atoms with Crippen molar-refractivity contribution in [3.05, 3.63) is 36.3 Å². The fourth-order valence-corrected chi connectivity index (χ4v) is 4.47. The van der Waals surface area contributed by atoms with Crippen LogP contribution in [0.4, 0.5) is 0 Å². The van der Waals surface area contributed by atoms with Gasteiger partial charge in [-0.15, -0.1) is 0 Å². The van der Waals surface area contributed by atoms with Crippen molar-refractivity contribution in [2.45, 2.75) is 52.2 Å². The van der Waals surface area contributed by atoms with Crippen LogP contribution in [0.25, 0.3) is 10.9 Å². The van der Waals surface area contributed by atoms with Gasteiger partial charge in [0.2, 0.25) is 12.3 Å². The number of ether oxygens (including phenoxy) is 1. The molecule has 1 aromatic carbocycles. The van der Waals surface area contributed by atoms with Crippen molar-refractivity contribution in [2.24, 2.45) is 17.8 Å². The van der Waals surface area contributed by atoms with Crippen molar-refractivity contribution in [3.8, 4) is 0 Å². The average molecular weight is 399 g/mol. The minimum absolute atomic E-state index is 0.0135. The number of nitrogens with one attached hydrogen (secondary N) is 1. The largest absolute Gasteiger partial charge is 0.356 e. The number of aliphatic hydroxyl groups is 1. The number of likely N-dealkylation sites (tertiary alicyclic amines) is 1. The Morgan fingerprint density at radius 3 is 2.48 bits per heavy atom. The van der Waals surface area contributed by atoms with E-state index in [0.29, 0.717) is 13.1 Å². The topological polar surface area (TPSA) is 87.6 Å². The summed E-state index contributed by atoms with van der Waals surface area (Å²) in [5, 5.41) is 14.4. The molecule has 1 aliphatic heterocycles. The number of aromatic nitrogens is 2. The lowest BCUT2D eigenvalue weighted by molar-refractivity contribution is -0.236. The number of hydrogen-bond acceptors (Lipinski definition) is 6. The van der Waals surface area contributed by atoms with Crippen LogP contribution in [0, 0.1) is 17.8 Å². The van der Waals surface area contributed by atoms with Gasteiger partial charge in [0, 0.05) is 24.4 Å². The van der Waals surface area contributed by atoms with E-state index in [-0.39, 0.29) is 23.7 Å². The van der Waals surface area contributed by atoms with Crippen LogP contribution in [-0.4, -0.2) is 51.0 Å². The predicted molar refractivity (Wildman–Crippen MR) is 110 cm³/mol. The van der Waals surface area contributed by atoms with Gasteiger partial charge >= 0.3 is 0 Å². The van der Waals surface area contributed by atoms with Gasteiger partial charge in [-0.1, -0.05) is 18.2 Å². The Kier molecular flexibility index (Phi) is 4.88. The van der Waals surface area contributed by atoms with Crippen molar-refractivity contribution in [1.29, 1.82) is 0 Å². The second-order valence-corrected chi connectivity index (χ2v) is 9.72. The summed E-state index contributed by atoms with van der Waals surface area (Å²) in [6, 6.07) is 7.83. The van der Waals surface area contributed by atoms with Crippen LogP contribution < -0.4 is 5.32 Å². The lowest BCUT2D eigenvalue weighted by Gasteiger charge is -2.31. The van der Waals surface area contributed by atoms with E-state index < -0.39 is 17.6 Å². The first-order valence-electron chi connectivity index (χ1n) is 10.2. The lowest BCUT2D eigenvalue weighted by atomic mass is 9.95. The van der Waals surface area contributed by atoms with E-state index in [9.17, 15) is 9.90 Å². The Bertz CT molecular complexity index is 906. The second kappa shape index (κ2) is 7.00. The van der Waals surface area contributed by atoms with Gasteiger partial charge in [-0.3, -0.25) is 9.69 Å². The number of carbonyl (C=O) groups excluding carboxylic acids is 1. The Labute approximate surface area is 171 Å². The highest BCUT2D eigenvalue weighted by Crippen LogP contribution is 2.52. The number of piperidine rings is 1. The molecule has 1 saturated carbocycles. The van der Waals surface area contributed by atoms with E-state index in [1.54, 1.807) is 6.33 Å². The minimum atomic E-state index is -0.921. The summed E-state index contributed by atoms with van der Waals surface area (Å²) in [4.78, 5) is 23.7. The highest BCUT2D eigenvalue weighted by molar-refractivity contribution is 5.85. The molecule has 2 aliphatic rings. The summed E-state index contributed by atoms with van der Waals surface area (Å²) in [5.74, 6) is 0.580. The second-order valence-electron chi connectivity index (χ2n) is 9.72. The summed E-state index contributed by atoms with van der Waals surface area (Å²) in [6.45, 7) is 11.1. The quantitative estimate of drug-likeness (QED) is 0.751. The van der Waals surface area contributed by atoms with Gasteiger partial charge in [-0.25, -0.2) is 9.97 Å². The molecule has 2 aromatic rings. The number of para-hydroxylation sites is 1. The molecule has 4 atom stereocenters. The molecule has 1 aromatic heterocycles. The number of hydrogen-bond donors (Lipinski definition) is 2. The molecule has 7 heteroatoms. The van der Waals surface area contributed by atoms with Crippen molar-refractivity contribution in [3.63, 3.8) is 0 Å². The molecule has 1 unspecified atom stereocenters. The standard InChI is InChI=1S/C22H30N4O3/c1-21(2,3)29-20(28)26-10-14-15(11-26)17(14)19(27)25-22(4,5)18-13-8-6-7-9-16(13)23-12-24-18/h6-9,12,14-15,17,20,28H,10-11H2,1-5H3,(H,25,27)/t14-,15+,17+,20?. The van der Waals surface area contributed by atoms with Crippen LogP contribution in [0.1, 0.15) is 40.3 Å². The maximum atomic E-state index is 13.0. The zero-order chi connectivity index (χ0) is 21.0. The normalized spacial score (nSPS) is 25.7. The van der Waals surface area contributed by atoms with Crippen molar-refractivity contribution in [2.75, 3.05) is 13.1 Å². The van der Waals surface area contributed by atoms with Crippen LogP contribution in [0.3, 0.4) is 0 Å². The molecule has 1 amide bonds. The van der Waals surface area contributed by atoms with Crippen molar-refractivity contribution in [1.82, 2.24) is 20.2 Å². The van der Waals surface area contributed by atoms with Gasteiger partial charge in [0.05, 0.1) is 22.4 Å². The Morgan fingerprint density at radius 2 is 1.83 bits per heavy atom. The Morgan fingerprint density at radius 1 is 1.17 bits per heavy atom. The molecule has 7 nitrogen and oxygen atoms in total. The van der Waals surface area contributed by atoms with Gasteiger partial charge in [-0.2, -0.15) is 0 Å². The molecule has 2 heterocycles. The number of nitrogens with zero attached hydrogens (tertiary/aromatic N) is 3. The summed E-state index contributed by atoms with van der Waals surface area (Å²) >= 11 is 0. The van der Waals surface area contributed by atoms with Crippen molar-refractivity contribution >= 4 is 16.8 Å². The Balaban J connectivity index is 1.40. The molecule has 29 heavy (non-hydrogen) atoms. The number of rotatable bonds is 5. The molecular weight excluding hydrogens is 368 g/mol. The molecule has 0 bridgehead atoms. The number of amides is 1. The monoisotopic (exact) mass is 398 g/mol. The highest BCUT2D eigenvalue weighted by Gasteiger charge is 2.60. The highest BCUT2D eigenvalue weighted by atomic mass is 16.6. The zero-order valence-electron chi connectivity index (χ0n) is 17.7. The van der Waals surface area contributed by atoms with Crippen LogP contribution >= 0.6 is 0 Å². The molecule has 1 saturated heterocycles. The SMILES string of the molecule is CC(C)(C)OC(O)N1C[C@@H]2[C@H](C1)[C@H]2C(=O)NC(C)(C)c1ncnc2ccccc12. The number of carbonyl (C=O) groups is 1. The van der Waals surface area contributed by atoms with Gasteiger partial charge < -0.3 is 15.2 Å². The van der Waals surface area contributed by atoms with E-state index in [1.807, 2.05) is 63.8 Å². The van der Waals surface area contributed by atoms with Crippen LogP contribution in [0.2, 0.25) is 0 Å². The molecule has 156 valence electrons. The Hall–Kier alpha value is -2.09. The molecular formula is C22H30N4O3. The van der Waals surface area contributed by atoms with E-state index in [4.69, 9.17) is 4.74 Å². The fraction of sp³-hybridized carbons (Fsp3) is 0.591. The first-order chi connectivity index (χ1) is 13.6. The van der Waals surface area contributed by atoms with Gasteiger partial charge in [-0.05, 0) is 52.5 Å². The van der Waals surface area contributed by atoms with Crippen molar-refractivity contribution < 1.29 is 14.6 Å². The summed E-state index contributed by atoms with van der Waals surface area (Å²) in [7, 11) is 0. The smallest absolute Gasteiger partial charge is 0.224 e. The third kappa shape index (κ3) is 3.99. The van der Waals surface area contributed by atoms with E-state index in [0.717, 1.165) is 16.6 Å². The first kappa shape index (κ1) is 20.2. The van der Waals surface area contributed by atoms with Crippen LogP contribution in [-0.2, 0) is 15.1 Å². The van der Waals surface area contributed by atoms with E-state index in [2.05, 4.69) is 15.3 Å². The third-order valence-electron chi connectivity index (χ3n) is 5.87. The van der Waals surface area contributed by atoms with Crippen LogP contribution in [0.5, 0.6) is 0 Å². The molecule has 1 aliphatic carbocycles. The van der Waals surface area contributed by atoms with Crippen LogP contribution in [0.15, 0.2) is 30.6 Å². The third-order valence-corrected chi connectivity index (χ3v) is 5.87. The predicted octanol–water partition coefficient (Wildman–Crippen LogP) is 2.25. The van der Waals surface area contributed by atoms with E-state index >= 15 is 0 Å². The molecule has 0 radical (unpaired) electrons. The summed E-state index contributed by atoms with van der Waals surface area (Å²) in [6.07, 6.45) is 0.627. The number of aliphatic hydroxyl groups excluding tert-OH is 1. The molecule has 2 fully saturated rings. The fourth-order valence-electron chi connectivity index (χ4n) is 4.47. The lowest BCUT2D eigenvalue weighted by Crippen LogP contribution is -2.45. The number of benzene rings is 1.